The molecular formula is C21H30N2O2. The van der Waals surface area contributed by atoms with Gasteiger partial charge in [-0.1, -0.05) is 24.6 Å². The van der Waals surface area contributed by atoms with Gasteiger partial charge in [0.2, 0.25) is 5.91 Å². The number of nitrogens with one attached hydrogen (secondary N) is 1. The van der Waals surface area contributed by atoms with Crippen molar-refractivity contribution in [2.24, 2.45) is 11.8 Å². The lowest BCUT2D eigenvalue weighted by Crippen LogP contribution is -2.48. The molecule has 4 heteroatoms. The number of carbonyl (C=O) groups is 2. The Morgan fingerprint density at radius 3 is 2.40 bits per heavy atom. The first-order valence-electron chi connectivity index (χ1n) is 9.69. The Kier molecular flexibility index (Phi) is 5.77. The quantitative estimate of drug-likeness (QED) is 0.913. The van der Waals surface area contributed by atoms with E-state index in [4.69, 9.17) is 0 Å². The van der Waals surface area contributed by atoms with Crippen molar-refractivity contribution in [3.05, 3.63) is 35.4 Å². The zero-order valence-electron chi connectivity index (χ0n) is 15.5. The van der Waals surface area contributed by atoms with E-state index in [-0.39, 0.29) is 17.7 Å². The fourth-order valence-corrected chi connectivity index (χ4v) is 3.98. The normalized spacial score (nSPS) is 27.0. The molecule has 0 spiro atoms. The largest absolute Gasteiger partial charge is 0.353 e. The minimum absolute atomic E-state index is 0.0454. The zero-order valence-corrected chi connectivity index (χ0v) is 15.5. The Bertz CT molecular complexity index is 603. The monoisotopic (exact) mass is 342 g/mol. The SMILES string of the molecule is Cc1ccc(C(=O)N2CCCC(C(=O)NC3CCC(C)CC3)C2)cc1. The van der Waals surface area contributed by atoms with E-state index in [1.165, 1.54) is 12.8 Å². The van der Waals surface area contributed by atoms with Gasteiger partial charge < -0.3 is 10.2 Å². The molecule has 1 unspecified atom stereocenters. The average Bonchev–Trinajstić information content (AvgIpc) is 2.64. The van der Waals surface area contributed by atoms with Gasteiger partial charge in [-0.05, 0) is 63.5 Å². The highest BCUT2D eigenvalue weighted by atomic mass is 16.2. The Balaban J connectivity index is 1.56. The van der Waals surface area contributed by atoms with Crippen molar-refractivity contribution < 1.29 is 9.59 Å². The van der Waals surface area contributed by atoms with Crippen LogP contribution >= 0.6 is 0 Å². The highest BCUT2D eigenvalue weighted by Crippen LogP contribution is 2.25. The standard InChI is InChI=1S/C21H30N2O2/c1-15-5-9-17(10-6-15)21(25)23-13-3-4-18(14-23)20(24)22-19-11-7-16(2)8-12-19/h5-6,9-10,16,18-19H,3-4,7-8,11-14H2,1-2H3,(H,22,24). The Labute approximate surface area is 151 Å². The van der Waals surface area contributed by atoms with Gasteiger partial charge in [0.1, 0.15) is 0 Å². The molecule has 1 saturated carbocycles. The summed E-state index contributed by atoms with van der Waals surface area (Å²) in [5, 5.41) is 3.24. The van der Waals surface area contributed by atoms with Crippen molar-refractivity contribution in [3.8, 4) is 0 Å². The van der Waals surface area contributed by atoms with Crippen molar-refractivity contribution in [2.45, 2.75) is 58.4 Å². The first-order valence-corrected chi connectivity index (χ1v) is 9.69. The molecule has 0 bridgehead atoms. The second-order valence-corrected chi connectivity index (χ2v) is 7.92. The molecule has 1 aromatic carbocycles. The number of likely N-dealkylation sites (tertiary alicyclic amines) is 1. The molecular weight excluding hydrogens is 312 g/mol. The van der Waals surface area contributed by atoms with Gasteiger partial charge in [0.25, 0.3) is 5.91 Å². The van der Waals surface area contributed by atoms with Crippen LogP contribution in [0, 0.1) is 18.8 Å². The molecule has 0 radical (unpaired) electrons. The summed E-state index contributed by atoms with van der Waals surface area (Å²) in [5.41, 5.74) is 1.86. The predicted molar refractivity (Wildman–Crippen MR) is 99.4 cm³/mol. The van der Waals surface area contributed by atoms with Gasteiger partial charge >= 0.3 is 0 Å². The van der Waals surface area contributed by atoms with E-state index in [0.717, 1.165) is 43.7 Å². The number of carbonyl (C=O) groups excluding carboxylic acids is 2. The molecule has 1 aliphatic heterocycles. The maximum absolute atomic E-state index is 12.7. The van der Waals surface area contributed by atoms with Gasteiger partial charge in [-0.25, -0.2) is 0 Å². The summed E-state index contributed by atoms with van der Waals surface area (Å²) in [4.78, 5) is 27.2. The number of hydrogen-bond donors (Lipinski definition) is 1. The zero-order chi connectivity index (χ0) is 17.8. The van der Waals surface area contributed by atoms with Gasteiger partial charge in [-0.15, -0.1) is 0 Å². The summed E-state index contributed by atoms with van der Waals surface area (Å²) in [6, 6.07) is 8.01. The van der Waals surface area contributed by atoms with E-state index in [1.54, 1.807) is 0 Å². The van der Waals surface area contributed by atoms with Crippen LogP contribution in [0.4, 0.5) is 0 Å². The van der Waals surface area contributed by atoms with Crippen LogP contribution in [0.1, 0.15) is 61.4 Å². The summed E-state index contributed by atoms with van der Waals surface area (Å²) in [6.45, 7) is 5.59. The fraction of sp³-hybridized carbons (Fsp3) is 0.619. The third-order valence-electron chi connectivity index (χ3n) is 5.74. The number of nitrogens with zero attached hydrogens (tertiary/aromatic N) is 1. The maximum atomic E-state index is 12.7. The molecule has 1 aromatic rings. The molecule has 1 saturated heterocycles. The third-order valence-corrected chi connectivity index (χ3v) is 5.74. The smallest absolute Gasteiger partial charge is 0.253 e. The van der Waals surface area contributed by atoms with Gasteiger partial charge in [0.05, 0.1) is 5.92 Å². The number of benzene rings is 1. The van der Waals surface area contributed by atoms with E-state index in [2.05, 4.69) is 12.2 Å². The molecule has 3 rings (SSSR count). The average molecular weight is 342 g/mol. The van der Waals surface area contributed by atoms with Crippen molar-refractivity contribution in [2.75, 3.05) is 13.1 Å². The van der Waals surface area contributed by atoms with E-state index < -0.39 is 0 Å². The fourth-order valence-electron chi connectivity index (χ4n) is 3.98. The topological polar surface area (TPSA) is 49.4 Å². The van der Waals surface area contributed by atoms with Gasteiger partial charge in [-0.2, -0.15) is 0 Å². The van der Waals surface area contributed by atoms with Crippen LogP contribution in [-0.2, 0) is 4.79 Å². The number of amides is 2. The highest BCUT2D eigenvalue weighted by molar-refractivity contribution is 5.94. The molecule has 1 atom stereocenters. The summed E-state index contributed by atoms with van der Waals surface area (Å²) >= 11 is 0. The van der Waals surface area contributed by atoms with Crippen LogP contribution in [0.5, 0.6) is 0 Å². The van der Waals surface area contributed by atoms with Gasteiger partial charge in [-0.3, -0.25) is 9.59 Å². The Morgan fingerprint density at radius 1 is 1.04 bits per heavy atom. The molecule has 2 fully saturated rings. The van der Waals surface area contributed by atoms with Gasteiger partial charge in [0.15, 0.2) is 0 Å². The predicted octanol–water partition coefficient (Wildman–Crippen LogP) is 3.54. The van der Waals surface area contributed by atoms with Crippen LogP contribution in [0.15, 0.2) is 24.3 Å². The lowest BCUT2D eigenvalue weighted by atomic mass is 9.87. The molecule has 1 N–H and O–H groups in total. The number of rotatable bonds is 3. The van der Waals surface area contributed by atoms with Crippen molar-refractivity contribution in [1.29, 1.82) is 0 Å². The molecule has 136 valence electrons. The lowest BCUT2D eigenvalue weighted by Gasteiger charge is -2.34. The molecule has 2 aliphatic rings. The van der Waals surface area contributed by atoms with E-state index in [1.807, 2.05) is 36.1 Å². The molecule has 1 aliphatic carbocycles. The Morgan fingerprint density at radius 2 is 1.72 bits per heavy atom. The van der Waals surface area contributed by atoms with Crippen LogP contribution in [-0.4, -0.2) is 35.8 Å². The number of piperidine rings is 1. The van der Waals surface area contributed by atoms with Crippen molar-refractivity contribution in [3.63, 3.8) is 0 Å². The second kappa shape index (κ2) is 8.03. The number of aryl methyl sites for hydroxylation is 1. The van der Waals surface area contributed by atoms with Crippen LogP contribution in [0.3, 0.4) is 0 Å². The number of hydrogen-bond acceptors (Lipinski definition) is 2. The first-order chi connectivity index (χ1) is 12.0. The molecule has 1 heterocycles. The Hall–Kier alpha value is -1.84. The summed E-state index contributed by atoms with van der Waals surface area (Å²) in [5.74, 6) is 0.901. The minimum Gasteiger partial charge on any atom is -0.353 e. The second-order valence-electron chi connectivity index (χ2n) is 7.92. The molecule has 25 heavy (non-hydrogen) atoms. The van der Waals surface area contributed by atoms with Gasteiger partial charge in [0, 0.05) is 24.7 Å². The third kappa shape index (κ3) is 4.62. The first kappa shape index (κ1) is 18.0. The summed E-state index contributed by atoms with van der Waals surface area (Å²) in [7, 11) is 0. The summed E-state index contributed by atoms with van der Waals surface area (Å²) in [6.07, 6.45) is 6.36. The van der Waals surface area contributed by atoms with Crippen molar-refractivity contribution >= 4 is 11.8 Å². The van der Waals surface area contributed by atoms with E-state index >= 15 is 0 Å². The van der Waals surface area contributed by atoms with Crippen LogP contribution in [0.2, 0.25) is 0 Å². The molecule has 2 amide bonds. The lowest BCUT2D eigenvalue weighted by molar-refractivity contribution is -0.127. The van der Waals surface area contributed by atoms with E-state index in [9.17, 15) is 9.59 Å². The molecule has 4 nitrogen and oxygen atoms in total. The highest BCUT2D eigenvalue weighted by Gasteiger charge is 2.30. The minimum atomic E-state index is -0.0671. The van der Waals surface area contributed by atoms with Crippen molar-refractivity contribution in [1.82, 2.24) is 10.2 Å². The molecule has 0 aromatic heterocycles. The van der Waals surface area contributed by atoms with E-state index in [0.29, 0.717) is 18.2 Å². The summed E-state index contributed by atoms with van der Waals surface area (Å²) < 4.78 is 0. The van der Waals surface area contributed by atoms with Crippen LogP contribution < -0.4 is 5.32 Å². The maximum Gasteiger partial charge on any atom is 0.253 e. The van der Waals surface area contributed by atoms with Crippen LogP contribution in [0.25, 0.3) is 0 Å².